The Morgan fingerprint density at radius 3 is 2.29 bits per heavy atom. The summed E-state index contributed by atoms with van der Waals surface area (Å²) in [6.45, 7) is 0. The van der Waals surface area contributed by atoms with Crippen LogP contribution in [0.1, 0.15) is 0 Å². The van der Waals surface area contributed by atoms with Crippen molar-refractivity contribution in [3.05, 3.63) is 64.7 Å². The molecule has 8 nitrogen and oxygen atoms in total. The second kappa shape index (κ2) is 6.34. The Morgan fingerprint density at radius 1 is 1.00 bits per heavy atom. The molecule has 0 atom stereocenters. The molecule has 1 aromatic heterocycles. The summed E-state index contributed by atoms with van der Waals surface area (Å²) in [6.07, 6.45) is 0. The Hall–Kier alpha value is -2.85. The Bertz CT molecular complexity index is 970. The summed E-state index contributed by atoms with van der Waals surface area (Å²) in [6, 6.07) is 13.8. The summed E-state index contributed by atoms with van der Waals surface area (Å²) in [7, 11) is -3.89. The lowest BCUT2D eigenvalue weighted by Gasteiger charge is -2.03. The number of sulfonamides is 1. The van der Waals surface area contributed by atoms with E-state index in [-0.39, 0.29) is 15.7 Å². The lowest BCUT2D eigenvalue weighted by Crippen LogP contribution is -2.12. The smallest absolute Gasteiger partial charge is 0.258 e. The predicted octanol–water partition coefficient (Wildman–Crippen LogP) is 2.91. The number of hydrogen-bond donors (Lipinski definition) is 1. The van der Waals surface area contributed by atoms with E-state index in [2.05, 4.69) is 14.9 Å². The van der Waals surface area contributed by atoms with Crippen molar-refractivity contribution in [1.82, 2.24) is 10.2 Å². The molecule has 0 fully saturated rings. The SMILES string of the molecule is O=[N+]([O-])c1ccc(S(=O)(=O)Nc2nnc(-c3ccccc3)s2)cc1. The molecule has 0 radical (unpaired) electrons. The van der Waals surface area contributed by atoms with E-state index in [9.17, 15) is 18.5 Å². The normalized spacial score (nSPS) is 11.2. The average Bonchev–Trinajstić information content (AvgIpc) is 3.03. The van der Waals surface area contributed by atoms with Crippen LogP contribution in [0.4, 0.5) is 10.8 Å². The van der Waals surface area contributed by atoms with Crippen LogP contribution in [0.15, 0.2) is 59.5 Å². The van der Waals surface area contributed by atoms with Crippen LogP contribution in [-0.4, -0.2) is 23.5 Å². The quantitative estimate of drug-likeness (QED) is 0.551. The number of nitrogens with one attached hydrogen (secondary N) is 1. The molecule has 10 heteroatoms. The number of rotatable bonds is 5. The van der Waals surface area contributed by atoms with Gasteiger partial charge >= 0.3 is 0 Å². The molecule has 1 heterocycles. The molecule has 0 aliphatic rings. The minimum atomic E-state index is -3.89. The molecular weight excluding hydrogens is 352 g/mol. The van der Waals surface area contributed by atoms with Crippen LogP contribution >= 0.6 is 11.3 Å². The Labute approximate surface area is 141 Å². The number of nitrogens with zero attached hydrogens (tertiary/aromatic N) is 3. The maximum atomic E-state index is 12.3. The second-order valence-corrected chi connectivity index (χ2v) is 7.29. The van der Waals surface area contributed by atoms with Gasteiger partial charge < -0.3 is 0 Å². The fourth-order valence-electron chi connectivity index (χ4n) is 1.88. The summed E-state index contributed by atoms with van der Waals surface area (Å²) in [5.41, 5.74) is 0.645. The van der Waals surface area contributed by atoms with E-state index < -0.39 is 14.9 Å². The van der Waals surface area contributed by atoms with Gasteiger partial charge in [-0.3, -0.25) is 14.8 Å². The van der Waals surface area contributed by atoms with E-state index in [1.807, 2.05) is 30.3 Å². The van der Waals surface area contributed by atoms with Gasteiger partial charge in [-0.1, -0.05) is 41.7 Å². The van der Waals surface area contributed by atoms with E-state index in [1.165, 1.54) is 12.1 Å². The summed E-state index contributed by atoms with van der Waals surface area (Å²) in [4.78, 5) is 9.92. The van der Waals surface area contributed by atoms with Crippen molar-refractivity contribution in [1.29, 1.82) is 0 Å². The third kappa shape index (κ3) is 3.39. The van der Waals surface area contributed by atoms with Crippen LogP contribution in [0.5, 0.6) is 0 Å². The molecule has 0 amide bonds. The van der Waals surface area contributed by atoms with Gasteiger partial charge in [-0.15, -0.1) is 10.2 Å². The second-order valence-electron chi connectivity index (χ2n) is 4.63. The Morgan fingerprint density at radius 2 is 1.67 bits per heavy atom. The Kier molecular flexibility index (Phi) is 4.23. The summed E-state index contributed by atoms with van der Waals surface area (Å²) in [5, 5.41) is 19.1. The van der Waals surface area contributed by atoms with Gasteiger partial charge in [0, 0.05) is 17.7 Å². The van der Waals surface area contributed by atoms with Crippen molar-refractivity contribution in [2.45, 2.75) is 4.90 Å². The highest BCUT2D eigenvalue weighted by Gasteiger charge is 2.18. The van der Waals surface area contributed by atoms with E-state index in [0.29, 0.717) is 5.01 Å². The molecule has 122 valence electrons. The highest BCUT2D eigenvalue weighted by atomic mass is 32.2. The van der Waals surface area contributed by atoms with Crippen LogP contribution in [0, 0.1) is 10.1 Å². The topological polar surface area (TPSA) is 115 Å². The van der Waals surface area contributed by atoms with Crippen LogP contribution in [0.25, 0.3) is 10.6 Å². The molecule has 0 unspecified atom stereocenters. The third-order valence-electron chi connectivity index (χ3n) is 3.03. The van der Waals surface area contributed by atoms with Gasteiger partial charge in [0.1, 0.15) is 5.01 Å². The molecule has 3 aromatic rings. The van der Waals surface area contributed by atoms with Crippen LogP contribution < -0.4 is 4.72 Å². The third-order valence-corrected chi connectivity index (χ3v) is 5.40. The molecule has 0 saturated heterocycles. The first-order chi connectivity index (χ1) is 11.5. The number of nitro groups is 1. The van der Waals surface area contributed by atoms with Crippen LogP contribution in [0.2, 0.25) is 0 Å². The fraction of sp³-hybridized carbons (Fsp3) is 0. The summed E-state index contributed by atoms with van der Waals surface area (Å²) in [5.74, 6) is 0. The van der Waals surface area contributed by atoms with Crippen molar-refractivity contribution in [2.75, 3.05) is 4.72 Å². The molecule has 1 N–H and O–H groups in total. The van der Waals surface area contributed by atoms with Crippen molar-refractivity contribution >= 4 is 32.2 Å². The van der Waals surface area contributed by atoms with Gasteiger partial charge in [-0.2, -0.15) is 0 Å². The van der Waals surface area contributed by atoms with Crippen molar-refractivity contribution < 1.29 is 13.3 Å². The molecule has 2 aromatic carbocycles. The molecule has 3 rings (SSSR count). The number of nitro benzene ring substituents is 1. The highest BCUT2D eigenvalue weighted by molar-refractivity contribution is 7.93. The van der Waals surface area contributed by atoms with Crippen molar-refractivity contribution in [3.63, 3.8) is 0 Å². The van der Waals surface area contributed by atoms with E-state index in [1.54, 1.807) is 0 Å². The largest absolute Gasteiger partial charge is 0.269 e. The number of aromatic nitrogens is 2. The molecule has 0 bridgehead atoms. The lowest BCUT2D eigenvalue weighted by atomic mass is 10.2. The zero-order chi connectivity index (χ0) is 17.2. The number of anilines is 1. The molecular formula is C14H10N4O4S2. The molecule has 0 saturated carbocycles. The van der Waals surface area contributed by atoms with Crippen molar-refractivity contribution in [3.8, 4) is 10.6 Å². The van der Waals surface area contributed by atoms with E-state index in [0.717, 1.165) is 29.0 Å². The number of hydrogen-bond acceptors (Lipinski definition) is 7. The minimum Gasteiger partial charge on any atom is -0.258 e. The average molecular weight is 362 g/mol. The van der Waals surface area contributed by atoms with E-state index >= 15 is 0 Å². The predicted molar refractivity (Wildman–Crippen MR) is 89.2 cm³/mol. The standard InChI is InChI=1S/C14H10N4O4S2/c19-18(20)11-6-8-12(9-7-11)24(21,22)17-14-16-15-13(23-14)10-4-2-1-3-5-10/h1-9H,(H,16,17). The van der Waals surface area contributed by atoms with Gasteiger partial charge in [0.2, 0.25) is 5.13 Å². The number of non-ortho nitro benzene ring substituents is 1. The van der Waals surface area contributed by atoms with Gasteiger partial charge in [0.15, 0.2) is 0 Å². The summed E-state index contributed by atoms with van der Waals surface area (Å²) >= 11 is 1.09. The first-order valence-corrected chi connectivity index (χ1v) is 8.92. The molecule has 0 aliphatic carbocycles. The molecule has 24 heavy (non-hydrogen) atoms. The van der Waals surface area contributed by atoms with Gasteiger partial charge in [-0.05, 0) is 12.1 Å². The maximum absolute atomic E-state index is 12.3. The minimum absolute atomic E-state index is 0.0930. The van der Waals surface area contributed by atoms with Gasteiger partial charge in [0.25, 0.3) is 15.7 Å². The van der Waals surface area contributed by atoms with E-state index in [4.69, 9.17) is 0 Å². The zero-order valence-electron chi connectivity index (χ0n) is 12.0. The lowest BCUT2D eigenvalue weighted by molar-refractivity contribution is -0.384. The van der Waals surface area contributed by atoms with Gasteiger partial charge in [-0.25, -0.2) is 8.42 Å². The zero-order valence-corrected chi connectivity index (χ0v) is 13.6. The fourth-order valence-corrected chi connectivity index (χ4v) is 3.86. The Balaban J connectivity index is 1.82. The summed E-state index contributed by atoms with van der Waals surface area (Å²) < 4.78 is 26.9. The first-order valence-electron chi connectivity index (χ1n) is 6.62. The monoisotopic (exact) mass is 362 g/mol. The van der Waals surface area contributed by atoms with Crippen LogP contribution in [-0.2, 0) is 10.0 Å². The van der Waals surface area contributed by atoms with Crippen molar-refractivity contribution in [2.24, 2.45) is 0 Å². The maximum Gasteiger partial charge on any atom is 0.269 e. The first kappa shape index (κ1) is 16.0. The molecule has 0 spiro atoms. The molecule has 0 aliphatic heterocycles. The highest BCUT2D eigenvalue weighted by Crippen LogP contribution is 2.27. The number of benzene rings is 2. The van der Waals surface area contributed by atoms with Gasteiger partial charge in [0.05, 0.1) is 9.82 Å². The van der Waals surface area contributed by atoms with Crippen LogP contribution in [0.3, 0.4) is 0 Å².